The molecule has 0 aliphatic carbocycles. The predicted molar refractivity (Wildman–Crippen MR) is 68.6 cm³/mol. The molecular formula is C12H20N2OS. The van der Waals surface area contributed by atoms with E-state index >= 15 is 0 Å². The number of carbonyl (C=O) groups is 1. The highest BCUT2D eigenvalue weighted by Gasteiger charge is 2.31. The third-order valence-corrected chi connectivity index (χ3v) is 4.06. The van der Waals surface area contributed by atoms with Crippen LogP contribution in [0.3, 0.4) is 0 Å². The zero-order valence-corrected chi connectivity index (χ0v) is 11.4. The van der Waals surface area contributed by atoms with Crippen LogP contribution in [0.5, 0.6) is 0 Å². The fourth-order valence-electron chi connectivity index (χ4n) is 1.44. The predicted octanol–water partition coefficient (Wildman–Crippen LogP) is 2.27. The molecule has 1 aromatic rings. The first-order valence-electron chi connectivity index (χ1n) is 5.39. The molecule has 0 radical (unpaired) electrons. The second-order valence-corrected chi connectivity index (χ2v) is 5.46. The highest BCUT2D eigenvalue weighted by molar-refractivity contribution is 7.10. The van der Waals surface area contributed by atoms with Crippen molar-refractivity contribution < 1.29 is 4.79 Å². The van der Waals surface area contributed by atoms with Crippen molar-refractivity contribution in [3.63, 3.8) is 0 Å². The topological polar surface area (TPSA) is 32.3 Å². The average molecular weight is 240 g/mol. The molecule has 0 aromatic carbocycles. The summed E-state index contributed by atoms with van der Waals surface area (Å²) in [5.41, 5.74) is -0.514. The van der Waals surface area contributed by atoms with Crippen molar-refractivity contribution in [1.29, 1.82) is 0 Å². The van der Waals surface area contributed by atoms with Crippen LogP contribution in [0.25, 0.3) is 0 Å². The third-order valence-electron chi connectivity index (χ3n) is 3.02. The second-order valence-electron chi connectivity index (χ2n) is 4.48. The molecule has 1 rings (SSSR count). The number of nitrogens with one attached hydrogen (secondary N) is 1. The number of hydrogen-bond donors (Lipinski definition) is 1. The molecule has 1 atom stereocenters. The van der Waals surface area contributed by atoms with Crippen LogP contribution in [-0.4, -0.2) is 30.4 Å². The molecule has 4 heteroatoms. The molecule has 0 aliphatic heterocycles. The van der Waals surface area contributed by atoms with Gasteiger partial charge >= 0.3 is 0 Å². The van der Waals surface area contributed by atoms with Crippen molar-refractivity contribution in [2.75, 3.05) is 14.1 Å². The highest BCUT2D eigenvalue weighted by Crippen LogP contribution is 2.25. The maximum atomic E-state index is 12.2. The van der Waals surface area contributed by atoms with Gasteiger partial charge in [0.1, 0.15) is 0 Å². The Balaban J connectivity index is 2.79. The number of hydrogen-bond acceptors (Lipinski definition) is 3. The molecule has 1 aromatic heterocycles. The van der Waals surface area contributed by atoms with Crippen LogP contribution < -0.4 is 5.32 Å². The van der Waals surface area contributed by atoms with Crippen LogP contribution in [0.15, 0.2) is 17.5 Å². The minimum absolute atomic E-state index is 0.107. The lowest BCUT2D eigenvalue weighted by Crippen LogP contribution is -2.52. The lowest BCUT2D eigenvalue weighted by Gasteiger charge is -2.32. The molecule has 1 unspecified atom stereocenters. The Morgan fingerprint density at radius 3 is 2.62 bits per heavy atom. The van der Waals surface area contributed by atoms with E-state index in [1.165, 1.54) is 4.88 Å². The molecule has 16 heavy (non-hydrogen) atoms. The molecule has 0 saturated carbocycles. The van der Waals surface area contributed by atoms with E-state index in [9.17, 15) is 4.79 Å². The number of rotatable bonds is 4. The van der Waals surface area contributed by atoms with E-state index in [1.54, 1.807) is 16.2 Å². The number of nitrogens with zero attached hydrogens (tertiary/aromatic N) is 1. The van der Waals surface area contributed by atoms with Crippen molar-refractivity contribution in [1.82, 2.24) is 10.2 Å². The van der Waals surface area contributed by atoms with Gasteiger partial charge in [0.2, 0.25) is 5.91 Å². The van der Waals surface area contributed by atoms with E-state index in [0.29, 0.717) is 0 Å². The Hall–Kier alpha value is -0.870. The minimum atomic E-state index is -0.514. The van der Waals surface area contributed by atoms with Gasteiger partial charge in [0.25, 0.3) is 0 Å². The van der Waals surface area contributed by atoms with Gasteiger partial charge < -0.3 is 10.2 Å². The molecule has 0 aliphatic rings. The first-order chi connectivity index (χ1) is 7.40. The smallest absolute Gasteiger partial charge is 0.242 e. The van der Waals surface area contributed by atoms with E-state index in [0.717, 1.165) is 0 Å². The lowest BCUT2D eigenvalue weighted by atomic mass is 10.0. The molecular weight excluding hydrogens is 220 g/mol. The molecule has 90 valence electrons. The Morgan fingerprint density at radius 1 is 1.56 bits per heavy atom. The summed E-state index contributed by atoms with van der Waals surface area (Å²) < 4.78 is 0. The minimum Gasteiger partial charge on any atom is -0.337 e. The number of thiophene rings is 1. The second kappa shape index (κ2) is 4.97. The van der Waals surface area contributed by atoms with Crippen molar-refractivity contribution in [3.05, 3.63) is 22.4 Å². The molecule has 0 bridgehead atoms. The van der Waals surface area contributed by atoms with Gasteiger partial charge in [-0.1, -0.05) is 6.07 Å². The summed E-state index contributed by atoms with van der Waals surface area (Å²) in [5, 5.41) is 5.07. The van der Waals surface area contributed by atoms with Crippen LogP contribution in [0.4, 0.5) is 0 Å². The average Bonchev–Trinajstić information content (AvgIpc) is 2.79. The van der Waals surface area contributed by atoms with Crippen molar-refractivity contribution >= 4 is 17.2 Å². The quantitative estimate of drug-likeness (QED) is 0.875. The normalized spacial score (nSPS) is 13.6. The fraction of sp³-hybridized carbons (Fsp3) is 0.583. The fourth-order valence-corrected chi connectivity index (χ4v) is 2.27. The first kappa shape index (κ1) is 13.2. The van der Waals surface area contributed by atoms with E-state index in [2.05, 4.69) is 18.3 Å². The van der Waals surface area contributed by atoms with Crippen LogP contribution in [0, 0.1) is 0 Å². The van der Waals surface area contributed by atoms with Crippen LogP contribution in [0.1, 0.15) is 31.7 Å². The highest BCUT2D eigenvalue weighted by atomic mass is 32.1. The van der Waals surface area contributed by atoms with Crippen molar-refractivity contribution in [2.24, 2.45) is 0 Å². The Morgan fingerprint density at radius 2 is 2.19 bits per heavy atom. The van der Waals surface area contributed by atoms with Gasteiger partial charge in [-0.3, -0.25) is 4.79 Å². The summed E-state index contributed by atoms with van der Waals surface area (Å²) in [6.07, 6.45) is 0. The molecule has 0 saturated heterocycles. The Bertz CT molecular complexity index is 346. The third kappa shape index (κ3) is 2.62. The van der Waals surface area contributed by atoms with Crippen molar-refractivity contribution in [3.8, 4) is 0 Å². The lowest BCUT2D eigenvalue weighted by molar-refractivity contribution is -0.137. The summed E-state index contributed by atoms with van der Waals surface area (Å²) in [6, 6.07) is 4.20. The molecule has 1 amide bonds. The summed E-state index contributed by atoms with van der Waals surface area (Å²) in [7, 11) is 3.66. The summed E-state index contributed by atoms with van der Waals surface area (Å²) in [6.45, 7) is 5.84. The van der Waals surface area contributed by atoms with Gasteiger partial charge in [-0.25, -0.2) is 0 Å². The molecule has 0 fully saturated rings. The summed E-state index contributed by atoms with van der Waals surface area (Å²) >= 11 is 1.68. The van der Waals surface area contributed by atoms with Crippen LogP contribution >= 0.6 is 11.3 Å². The molecule has 0 spiro atoms. The van der Waals surface area contributed by atoms with Gasteiger partial charge in [-0.05, 0) is 39.3 Å². The van der Waals surface area contributed by atoms with E-state index < -0.39 is 5.54 Å². The first-order valence-corrected chi connectivity index (χ1v) is 6.27. The van der Waals surface area contributed by atoms with E-state index in [4.69, 9.17) is 0 Å². The van der Waals surface area contributed by atoms with Gasteiger partial charge in [-0.15, -0.1) is 11.3 Å². The largest absolute Gasteiger partial charge is 0.337 e. The zero-order chi connectivity index (χ0) is 12.3. The standard InChI is InChI=1S/C12H20N2OS/c1-9(10-7-6-8-16-10)14(5)11(15)12(2,3)13-4/h6-9,13H,1-5H3. The van der Waals surface area contributed by atoms with Gasteiger partial charge in [0.05, 0.1) is 11.6 Å². The molecule has 3 nitrogen and oxygen atoms in total. The summed E-state index contributed by atoms with van der Waals surface area (Å²) in [5.74, 6) is 0.107. The molecule has 1 heterocycles. The summed E-state index contributed by atoms with van der Waals surface area (Å²) in [4.78, 5) is 15.2. The zero-order valence-electron chi connectivity index (χ0n) is 10.6. The van der Waals surface area contributed by atoms with Gasteiger partial charge in [0.15, 0.2) is 0 Å². The van der Waals surface area contributed by atoms with Crippen molar-refractivity contribution in [2.45, 2.75) is 32.4 Å². The number of carbonyl (C=O) groups excluding carboxylic acids is 1. The maximum Gasteiger partial charge on any atom is 0.242 e. The van der Waals surface area contributed by atoms with E-state index in [1.807, 2.05) is 39.4 Å². The Kier molecular flexibility index (Phi) is 4.10. The molecule has 1 N–H and O–H groups in total. The number of likely N-dealkylation sites (N-methyl/N-ethyl adjacent to an activating group) is 2. The van der Waals surface area contributed by atoms with E-state index in [-0.39, 0.29) is 11.9 Å². The van der Waals surface area contributed by atoms with Crippen LogP contribution in [-0.2, 0) is 4.79 Å². The van der Waals surface area contributed by atoms with Crippen LogP contribution in [0.2, 0.25) is 0 Å². The van der Waals surface area contributed by atoms with Gasteiger partial charge in [0, 0.05) is 11.9 Å². The SMILES string of the molecule is CNC(C)(C)C(=O)N(C)C(C)c1cccs1. The monoisotopic (exact) mass is 240 g/mol. The van der Waals surface area contributed by atoms with Gasteiger partial charge in [-0.2, -0.15) is 0 Å². The number of amides is 1. The Labute approximate surface area is 101 Å². The maximum absolute atomic E-state index is 12.2.